The van der Waals surface area contributed by atoms with Crippen LogP contribution in [0.1, 0.15) is 33.6 Å². The molecule has 0 bridgehead atoms. The fourth-order valence-electron chi connectivity index (χ4n) is 5.65. The molecule has 28 heavy (non-hydrogen) atoms. The Hall–Kier alpha value is -2.32. The van der Waals surface area contributed by atoms with Crippen LogP contribution in [-0.4, -0.2) is 60.3 Å². The van der Waals surface area contributed by atoms with Gasteiger partial charge in [0.15, 0.2) is 0 Å². The first kappa shape index (κ1) is 19.0. The van der Waals surface area contributed by atoms with Crippen molar-refractivity contribution < 1.29 is 4.79 Å². The zero-order valence-electron chi connectivity index (χ0n) is 17.3. The Balaban J connectivity index is 1.63. The van der Waals surface area contributed by atoms with Crippen LogP contribution >= 0.6 is 0 Å². The smallest absolute Gasteiger partial charge is 0.317 e. The maximum Gasteiger partial charge on any atom is 0.317 e. The van der Waals surface area contributed by atoms with Crippen molar-refractivity contribution in [2.45, 2.75) is 45.7 Å². The number of likely N-dealkylation sites (tertiary alicyclic amines) is 1. The summed E-state index contributed by atoms with van der Waals surface area (Å²) in [5.41, 5.74) is 4.30. The molecule has 4 atom stereocenters. The van der Waals surface area contributed by atoms with E-state index >= 15 is 0 Å². The van der Waals surface area contributed by atoms with E-state index in [1.165, 1.54) is 11.1 Å². The molecule has 0 aromatic carbocycles. The third-order valence-electron chi connectivity index (χ3n) is 7.09. The molecule has 2 amide bonds. The van der Waals surface area contributed by atoms with Crippen molar-refractivity contribution in [1.29, 1.82) is 0 Å². The summed E-state index contributed by atoms with van der Waals surface area (Å²) in [5, 5.41) is 3.28. The van der Waals surface area contributed by atoms with Gasteiger partial charge >= 0.3 is 6.03 Å². The van der Waals surface area contributed by atoms with Gasteiger partial charge in [0.1, 0.15) is 5.71 Å². The highest BCUT2D eigenvalue weighted by atomic mass is 16.2. The number of hydrogen-bond donors (Lipinski definition) is 1. The van der Waals surface area contributed by atoms with Crippen molar-refractivity contribution in [3.05, 3.63) is 35.1 Å². The Labute approximate surface area is 168 Å². The lowest BCUT2D eigenvalue weighted by atomic mass is 9.57. The van der Waals surface area contributed by atoms with Crippen LogP contribution in [0.25, 0.3) is 0 Å². The van der Waals surface area contributed by atoms with Crippen molar-refractivity contribution in [3.8, 4) is 12.3 Å². The monoisotopic (exact) mass is 378 g/mol. The second kappa shape index (κ2) is 6.93. The minimum absolute atomic E-state index is 0.0429. The van der Waals surface area contributed by atoms with Crippen molar-refractivity contribution in [2.75, 3.05) is 26.7 Å². The lowest BCUT2D eigenvalue weighted by Crippen LogP contribution is -2.60. The molecule has 0 aromatic rings. The van der Waals surface area contributed by atoms with Crippen LogP contribution in [0.2, 0.25) is 0 Å². The van der Waals surface area contributed by atoms with E-state index in [0.717, 1.165) is 43.9 Å². The topological polar surface area (TPSA) is 47.9 Å². The Bertz CT molecular complexity index is 854. The molecule has 1 saturated heterocycles. The van der Waals surface area contributed by atoms with Gasteiger partial charge in [-0.15, -0.1) is 6.42 Å². The lowest BCUT2D eigenvalue weighted by molar-refractivity contribution is 0.0422. The van der Waals surface area contributed by atoms with Crippen molar-refractivity contribution in [2.24, 2.45) is 16.3 Å². The molecule has 5 nitrogen and oxygen atoms in total. The molecule has 1 N–H and O–H groups in total. The number of rotatable bonds is 3. The molecule has 0 spiro atoms. The van der Waals surface area contributed by atoms with Crippen LogP contribution < -0.4 is 5.32 Å². The maximum atomic E-state index is 12.6. The molecular weight excluding hydrogens is 348 g/mol. The van der Waals surface area contributed by atoms with E-state index in [2.05, 4.69) is 48.3 Å². The molecule has 4 aliphatic rings. The number of allylic oxidation sites excluding steroid dienone is 4. The number of likely N-dealkylation sites (N-methyl/N-ethyl adjacent to an activating group) is 1. The number of amides is 2. The molecule has 4 rings (SSSR count). The molecule has 2 aliphatic heterocycles. The maximum absolute atomic E-state index is 12.6. The van der Waals surface area contributed by atoms with Crippen molar-refractivity contribution >= 4 is 11.7 Å². The number of nitrogens with zero attached hydrogens (tertiary/aromatic N) is 3. The van der Waals surface area contributed by atoms with E-state index in [1.807, 2.05) is 18.7 Å². The number of carbonyl (C=O) groups is 1. The molecule has 1 fully saturated rings. The minimum Gasteiger partial charge on any atom is -0.334 e. The summed E-state index contributed by atoms with van der Waals surface area (Å²) in [6.45, 7) is 8.68. The van der Waals surface area contributed by atoms with Gasteiger partial charge in [-0.25, -0.2) is 9.79 Å². The van der Waals surface area contributed by atoms with Crippen LogP contribution in [-0.2, 0) is 0 Å². The molecule has 0 radical (unpaired) electrons. The minimum atomic E-state index is -0.0999. The molecule has 148 valence electrons. The highest BCUT2D eigenvalue weighted by molar-refractivity contribution is 6.16. The summed E-state index contributed by atoms with van der Waals surface area (Å²) in [5.74, 6) is 3.22. The lowest BCUT2D eigenvalue weighted by Gasteiger charge is -2.54. The normalized spacial score (nSPS) is 33.5. The zero-order valence-corrected chi connectivity index (χ0v) is 17.3. The fourth-order valence-corrected chi connectivity index (χ4v) is 5.65. The van der Waals surface area contributed by atoms with Gasteiger partial charge in [0.25, 0.3) is 0 Å². The fraction of sp³-hybridized carbons (Fsp3) is 0.565. The third kappa shape index (κ3) is 2.74. The highest BCUT2D eigenvalue weighted by Gasteiger charge is 2.53. The summed E-state index contributed by atoms with van der Waals surface area (Å²) in [7, 11) is 2.17. The zero-order chi connectivity index (χ0) is 20.1. The molecule has 2 unspecified atom stereocenters. The SMILES string of the molecule is C#CC1=NC2=CC=CC3(C)C2=C1C[C@@H]1C3C[C@H](NC(=O)N(CC)CC)CN1C. The summed E-state index contributed by atoms with van der Waals surface area (Å²) in [6.07, 6.45) is 14.2. The Morgan fingerprint density at radius 3 is 2.89 bits per heavy atom. The predicted molar refractivity (Wildman–Crippen MR) is 113 cm³/mol. The van der Waals surface area contributed by atoms with E-state index < -0.39 is 0 Å². The molecular formula is C23H30N4O. The molecule has 0 aromatic heterocycles. The summed E-state index contributed by atoms with van der Waals surface area (Å²) in [4.78, 5) is 21.6. The van der Waals surface area contributed by atoms with E-state index in [9.17, 15) is 4.79 Å². The summed E-state index contributed by atoms with van der Waals surface area (Å²) >= 11 is 0. The molecule has 0 saturated carbocycles. The number of terminal acetylenes is 1. The average molecular weight is 379 g/mol. The quantitative estimate of drug-likeness (QED) is 0.768. The van der Waals surface area contributed by atoms with Gasteiger partial charge in [0.05, 0.1) is 5.70 Å². The average Bonchev–Trinajstić information content (AvgIpc) is 3.03. The standard InChI is InChI=1S/C23H30N4O/c1-6-18-16-13-20-17(23(4)11-9-10-19(25-18)21(16)23)12-15(14-26(20)5)24-22(28)27(7-2)8-3/h1,9-11,15,17,20H,7-8,12-14H2,2-5H3,(H,24,28)/t15-,17?,20+,23?/m0/s1. The van der Waals surface area contributed by atoms with Gasteiger partial charge in [-0.2, -0.15) is 0 Å². The van der Waals surface area contributed by atoms with E-state index in [0.29, 0.717) is 12.0 Å². The second-order valence-corrected chi connectivity index (χ2v) is 8.52. The number of carbonyl (C=O) groups excluding carboxylic acids is 1. The number of aliphatic imine (C=N–C) groups is 1. The number of nitrogens with one attached hydrogen (secondary N) is 1. The predicted octanol–water partition coefficient (Wildman–Crippen LogP) is 2.97. The summed E-state index contributed by atoms with van der Waals surface area (Å²) in [6, 6.07) is 0.600. The first-order valence-electron chi connectivity index (χ1n) is 10.4. The molecule has 2 aliphatic carbocycles. The van der Waals surface area contributed by atoms with Gasteiger partial charge in [-0.3, -0.25) is 0 Å². The van der Waals surface area contributed by atoms with E-state index in [4.69, 9.17) is 11.4 Å². The third-order valence-corrected chi connectivity index (χ3v) is 7.09. The largest absolute Gasteiger partial charge is 0.334 e. The van der Waals surface area contributed by atoms with Gasteiger partial charge in [-0.05, 0) is 62.8 Å². The molecule has 2 heterocycles. The van der Waals surface area contributed by atoms with Crippen LogP contribution in [0.15, 0.2) is 40.1 Å². The van der Waals surface area contributed by atoms with E-state index in [-0.39, 0.29) is 17.5 Å². The summed E-state index contributed by atoms with van der Waals surface area (Å²) < 4.78 is 0. The van der Waals surface area contributed by atoms with Gasteiger partial charge in [-0.1, -0.05) is 19.1 Å². The van der Waals surface area contributed by atoms with Gasteiger partial charge < -0.3 is 15.1 Å². The van der Waals surface area contributed by atoms with Crippen LogP contribution in [0.4, 0.5) is 4.79 Å². The van der Waals surface area contributed by atoms with Gasteiger partial charge in [0.2, 0.25) is 0 Å². The van der Waals surface area contributed by atoms with Gasteiger partial charge in [0, 0.05) is 37.1 Å². The van der Waals surface area contributed by atoms with Crippen LogP contribution in [0.3, 0.4) is 0 Å². The number of piperidine rings is 1. The van der Waals surface area contributed by atoms with Crippen LogP contribution in [0, 0.1) is 23.7 Å². The Morgan fingerprint density at radius 2 is 2.21 bits per heavy atom. The second-order valence-electron chi connectivity index (χ2n) is 8.52. The Morgan fingerprint density at radius 1 is 1.46 bits per heavy atom. The highest BCUT2D eigenvalue weighted by Crippen LogP contribution is 2.56. The first-order chi connectivity index (χ1) is 13.4. The Kier molecular flexibility index (Phi) is 4.71. The van der Waals surface area contributed by atoms with Crippen molar-refractivity contribution in [3.63, 3.8) is 0 Å². The number of urea groups is 1. The number of hydrogen-bond acceptors (Lipinski definition) is 3. The number of fused-ring (bicyclic) bond motifs is 2. The molecule has 5 heteroatoms. The van der Waals surface area contributed by atoms with Crippen molar-refractivity contribution in [1.82, 2.24) is 15.1 Å². The first-order valence-corrected chi connectivity index (χ1v) is 10.4. The van der Waals surface area contributed by atoms with E-state index in [1.54, 1.807) is 0 Å². The van der Waals surface area contributed by atoms with Crippen LogP contribution in [0.5, 0.6) is 0 Å².